The molecule has 138 valence electrons. The molecule has 1 aromatic heterocycles. The Bertz CT molecular complexity index is 937. The molecule has 0 atom stereocenters. The summed E-state index contributed by atoms with van der Waals surface area (Å²) in [4.78, 5) is 8.78. The number of nitrogens with zero attached hydrogens (tertiary/aromatic N) is 2. The molecule has 7 heteroatoms. The fourth-order valence-corrected chi connectivity index (χ4v) is 2.73. The van der Waals surface area contributed by atoms with Crippen molar-refractivity contribution in [3.05, 3.63) is 66.2 Å². The lowest BCUT2D eigenvalue weighted by atomic mass is 10.1. The van der Waals surface area contributed by atoms with Crippen molar-refractivity contribution in [1.29, 1.82) is 0 Å². The molecule has 0 saturated heterocycles. The Morgan fingerprint density at radius 1 is 0.889 bits per heavy atom. The predicted octanol–water partition coefficient (Wildman–Crippen LogP) is 5.48. The molecule has 1 saturated carbocycles. The van der Waals surface area contributed by atoms with Crippen LogP contribution in [0.25, 0.3) is 11.3 Å². The summed E-state index contributed by atoms with van der Waals surface area (Å²) in [5.41, 5.74) is 0.676. The van der Waals surface area contributed by atoms with Crippen LogP contribution in [0.4, 0.5) is 30.6 Å². The normalized spacial score (nSPS) is 14.0. The average Bonchev–Trinajstić information content (AvgIpc) is 3.46. The van der Waals surface area contributed by atoms with E-state index in [-0.39, 0.29) is 11.6 Å². The van der Waals surface area contributed by atoms with E-state index < -0.39 is 11.7 Å². The molecule has 0 aliphatic heterocycles. The van der Waals surface area contributed by atoms with Gasteiger partial charge in [-0.15, -0.1) is 0 Å². The number of halogens is 3. The second-order valence-electron chi connectivity index (χ2n) is 6.42. The van der Waals surface area contributed by atoms with Gasteiger partial charge in [0, 0.05) is 17.7 Å². The minimum absolute atomic E-state index is 0.0763. The topological polar surface area (TPSA) is 49.8 Å². The minimum Gasteiger partial charge on any atom is -0.367 e. The smallest absolute Gasteiger partial charge is 0.367 e. The van der Waals surface area contributed by atoms with Gasteiger partial charge in [0.05, 0.1) is 16.9 Å². The van der Waals surface area contributed by atoms with Crippen molar-refractivity contribution < 1.29 is 13.2 Å². The molecule has 0 amide bonds. The number of rotatable bonds is 5. The van der Waals surface area contributed by atoms with Gasteiger partial charge in [0.15, 0.2) is 0 Å². The number of hydrogen-bond acceptors (Lipinski definition) is 4. The van der Waals surface area contributed by atoms with Crippen LogP contribution < -0.4 is 10.6 Å². The zero-order chi connectivity index (χ0) is 18.9. The van der Waals surface area contributed by atoms with E-state index in [2.05, 4.69) is 20.6 Å². The Balaban J connectivity index is 1.72. The Morgan fingerprint density at radius 2 is 1.59 bits per heavy atom. The van der Waals surface area contributed by atoms with Crippen molar-refractivity contribution in [2.24, 2.45) is 0 Å². The monoisotopic (exact) mass is 370 g/mol. The maximum absolute atomic E-state index is 13.3. The van der Waals surface area contributed by atoms with Gasteiger partial charge in [-0.25, -0.2) is 4.98 Å². The van der Waals surface area contributed by atoms with Crippen molar-refractivity contribution in [3.63, 3.8) is 0 Å². The summed E-state index contributed by atoms with van der Waals surface area (Å²) in [5.74, 6) is 0.717. The van der Waals surface area contributed by atoms with Crippen LogP contribution in [0.1, 0.15) is 18.4 Å². The fraction of sp³-hybridized carbons (Fsp3) is 0.200. The standard InChI is InChI=1S/C20H17F3N4/c21-20(22,23)15-8-4-5-9-16(15)25-19-26-17(13-6-2-1-3-7-13)12-18(27-19)24-14-10-11-14/h1-9,12,14H,10-11H2,(H2,24,25,26,27). The Kier molecular flexibility index (Phi) is 4.43. The molecule has 0 bridgehead atoms. The summed E-state index contributed by atoms with van der Waals surface area (Å²) < 4.78 is 39.8. The van der Waals surface area contributed by atoms with Gasteiger partial charge in [-0.1, -0.05) is 42.5 Å². The molecule has 2 N–H and O–H groups in total. The van der Waals surface area contributed by atoms with E-state index in [0.29, 0.717) is 17.6 Å². The van der Waals surface area contributed by atoms with Crippen LogP contribution >= 0.6 is 0 Å². The van der Waals surface area contributed by atoms with Gasteiger partial charge in [-0.3, -0.25) is 0 Å². The van der Waals surface area contributed by atoms with Crippen LogP contribution in [-0.2, 0) is 6.18 Å². The number of aromatic nitrogens is 2. The van der Waals surface area contributed by atoms with Crippen LogP contribution in [0.3, 0.4) is 0 Å². The summed E-state index contributed by atoms with van der Waals surface area (Å²) >= 11 is 0. The molecular weight excluding hydrogens is 353 g/mol. The molecule has 0 spiro atoms. The molecule has 0 radical (unpaired) electrons. The number of hydrogen-bond donors (Lipinski definition) is 2. The molecule has 1 aliphatic rings. The third-order valence-corrected chi connectivity index (χ3v) is 4.20. The summed E-state index contributed by atoms with van der Waals surface area (Å²) in [6.45, 7) is 0. The zero-order valence-electron chi connectivity index (χ0n) is 14.3. The lowest BCUT2D eigenvalue weighted by molar-refractivity contribution is -0.136. The third-order valence-electron chi connectivity index (χ3n) is 4.20. The first-order valence-corrected chi connectivity index (χ1v) is 8.63. The van der Waals surface area contributed by atoms with Crippen molar-refractivity contribution >= 4 is 17.5 Å². The first-order chi connectivity index (χ1) is 13.0. The second kappa shape index (κ2) is 6.90. The minimum atomic E-state index is -4.46. The van der Waals surface area contributed by atoms with E-state index >= 15 is 0 Å². The highest BCUT2D eigenvalue weighted by molar-refractivity contribution is 5.67. The zero-order valence-corrected chi connectivity index (χ0v) is 14.3. The van der Waals surface area contributed by atoms with E-state index in [1.165, 1.54) is 12.1 Å². The molecule has 2 aromatic carbocycles. The number of benzene rings is 2. The number of para-hydroxylation sites is 1. The van der Waals surface area contributed by atoms with Crippen molar-refractivity contribution in [2.45, 2.75) is 25.1 Å². The van der Waals surface area contributed by atoms with Crippen LogP contribution in [-0.4, -0.2) is 16.0 Å². The van der Waals surface area contributed by atoms with Crippen molar-refractivity contribution in [2.75, 3.05) is 10.6 Å². The van der Waals surface area contributed by atoms with E-state index in [4.69, 9.17) is 0 Å². The Labute approximate surface area is 154 Å². The molecule has 4 nitrogen and oxygen atoms in total. The maximum Gasteiger partial charge on any atom is 0.418 e. The predicted molar refractivity (Wildman–Crippen MR) is 98.8 cm³/mol. The van der Waals surface area contributed by atoms with Gasteiger partial charge in [0.25, 0.3) is 0 Å². The van der Waals surface area contributed by atoms with Gasteiger partial charge < -0.3 is 10.6 Å². The van der Waals surface area contributed by atoms with E-state index in [9.17, 15) is 13.2 Å². The molecule has 4 rings (SSSR count). The third kappa shape index (κ3) is 4.19. The fourth-order valence-electron chi connectivity index (χ4n) is 2.73. The molecule has 1 fully saturated rings. The number of nitrogens with one attached hydrogen (secondary N) is 2. The highest BCUT2D eigenvalue weighted by Gasteiger charge is 2.33. The first kappa shape index (κ1) is 17.3. The van der Waals surface area contributed by atoms with E-state index in [0.717, 1.165) is 24.5 Å². The van der Waals surface area contributed by atoms with Gasteiger partial charge in [0.1, 0.15) is 5.82 Å². The molecule has 27 heavy (non-hydrogen) atoms. The van der Waals surface area contributed by atoms with E-state index in [1.54, 1.807) is 6.07 Å². The van der Waals surface area contributed by atoms with Crippen LogP contribution in [0, 0.1) is 0 Å². The van der Waals surface area contributed by atoms with Crippen molar-refractivity contribution in [3.8, 4) is 11.3 Å². The molecule has 3 aromatic rings. The van der Waals surface area contributed by atoms with E-state index in [1.807, 2.05) is 36.4 Å². The van der Waals surface area contributed by atoms with Crippen LogP contribution in [0.5, 0.6) is 0 Å². The van der Waals surface area contributed by atoms with Crippen LogP contribution in [0.15, 0.2) is 60.7 Å². The number of alkyl halides is 3. The summed E-state index contributed by atoms with van der Waals surface area (Å²) in [7, 11) is 0. The van der Waals surface area contributed by atoms with Gasteiger partial charge >= 0.3 is 6.18 Å². The first-order valence-electron chi connectivity index (χ1n) is 8.63. The van der Waals surface area contributed by atoms with Crippen molar-refractivity contribution in [1.82, 2.24) is 9.97 Å². The summed E-state index contributed by atoms with van der Waals surface area (Å²) in [6, 6.07) is 16.9. The Hall–Kier alpha value is -3.09. The lowest BCUT2D eigenvalue weighted by Crippen LogP contribution is -2.11. The molecule has 1 heterocycles. The lowest BCUT2D eigenvalue weighted by Gasteiger charge is -2.15. The quantitative estimate of drug-likeness (QED) is 0.624. The highest BCUT2D eigenvalue weighted by atomic mass is 19.4. The average molecular weight is 370 g/mol. The summed E-state index contributed by atoms with van der Waals surface area (Å²) in [5, 5.41) is 6.02. The second-order valence-corrected chi connectivity index (χ2v) is 6.42. The van der Waals surface area contributed by atoms with Gasteiger partial charge in [-0.05, 0) is 25.0 Å². The molecular formula is C20H17F3N4. The Morgan fingerprint density at radius 3 is 2.30 bits per heavy atom. The van der Waals surface area contributed by atoms with Gasteiger partial charge in [-0.2, -0.15) is 18.2 Å². The highest BCUT2D eigenvalue weighted by Crippen LogP contribution is 2.36. The molecule has 0 unspecified atom stereocenters. The largest absolute Gasteiger partial charge is 0.418 e. The SMILES string of the molecule is FC(F)(F)c1ccccc1Nc1nc(NC2CC2)cc(-c2ccccc2)n1. The van der Waals surface area contributed by atoms with Crippen LogP contribution in [0.2, 0.25) is 0 Å². The molecule has 1 aliphatic carbocycles. The number of anilines is 3. The maximum atomic E-state index is 13.3. The van der Waals surface area contributed by atoms with Gasteiger partial charge in [0.2, 0.25) is 5.95 Å². The summed E-state index contributed by atoms with van der Waals surface area (Å²) in [6.07, 6.45) is -2.34.